The maximum absolute atomic E-state index is 11.7. The minimum absolute atomic E-state index is 0.175. The molecule has 0 aliphatic carbocycles. The highest BCUT2D eigenvalue weighted by atomic mass is 35.5. The van der Waals surface area contributed by atoms with E-state index in [-0.39, 0.29) is 12.5 Å². The van der Waals surface area contributed by atoms with Crippen molar-refractivity contribution in [3.8, 4) is 0 Å². The van der Waals surface area contributed by atoms with Crippen molar-refractivity contribution < 1.29 is 28.6 Å². The Hall–Kier alpha value is -2.28. The van der Waals surface area contributed by atoms with Crippen molar-refractivity contribution >= 4 is 29.6 Å². The average Bonchev–Trinajstić information content (AvgIpc) is 2.49. The molecule has 0 radical (unpaired) electrons. The molecule has 28 heavy (non-hydrogen) atoms. The molecule has 0 spiro atoms. The molecule has 1 amide bonds. The molecule has 0 heterocycles. The molecule has 0 atom stereocenters. The first-order valence-corrected chi connectivity index (χ1v) is 9.05. The van der Waals surface area contributed by atoms with Gasteiger partial charge in [0, 0.05) is 0 Å². The van der Waals surface area contributed by atoms with Gasteiger partial charge in [-0.3, -0.25) is 4.79 Å². The van der Waals surface area contributed by atoms with Crippen LogP contribution in [0, 0.1) is 6.92 Å². The van der Waals surface area contributed by atoms with Crippen LogP contribution in [0.2, 0.25) is 5.02 Å². The predicted molar refractivity (Wildman–Crippen MR) is 108 cm³/mol. The molecule has 1 rings (SSSR count). The third kappa shape index (κ3) is 12.2. The monoisotopic (exact) mass is 415 g/mol. The van der Waals surface area contributed by atoms with Crippen LogP contribution in [0.25, 0.3) is 0 Å². The number of rotatable bonds is 3. The summed E-state index contributed by atoms with van der Waals surface area (Å²) in [6.45, 7) is 12.4. The molecule has 0 aromatic heterocycles. The fourth-order valence-corrected chi connectivity index (χ4v) is 1.96. The topological polar surface area (TPSA) is 90.9 Å². The van der Waals surface area contributed by atoms with E-state index < -0.39 is 23.3 Å². The Kier molecular flexibility index (Phi) is 10.0. The van der Waals surface area contributed by atoms with E-state index in [4.69, 9.17) is 21.1 Å². The number of carbonyl (C=O) groups excluding carboxylic acids is 3. The highest BCUT2D eigenvalue weighted by molar-refractivity contribution is 6.33. The van der Waals surface area contributed by atoms with E-state index in [1.54, 1.807) is 32.9 Å². The maximum atomic E-state index is 11.7. The van der Waals surface area contributed by atoms with Gasteiger partial charge in [0.1, 0.15) is 17.7 Å². The summed E-state index contributed by atoms with van der Waals surface area (Å²) in [5.74, 6) is -0.890. The van der Waals surface area contributed by atoms with Gasteiger partial charge in [-0.1, -0.05) is 17.7 Å². The second kappa shape index (κ2) is 10.9. The molecule has 0 bridgehead atoms. The van der Waals surface area contributed by atoms with E-state index in [1.165, 1.54) is 7.11 Å². The first-order chi connectivity index (χ1) is 12.6. The minimum Gasteiger partial charge on any atom is -0.468 e. The van der Waals surface area contributed by atoms with E-state index in [2.05, 4.69) is 10.1 Å². The molecule has 0 saturated carbocycles. The van der Waals surface area contributed by atoms with E-state index in [1.807, 2.05) is 33.8 Å². The van der Waals surface area contributed by atoms with E-state index in [9.17, 15) is 14.4 Å². The molecule has 0 aliphatic heterocycles. The van der Waals surface area contributed by atoms with Crippen molar-refractivity contribution in [3.63, 3.8) is 0 Å². The third-order valence-electron chi connectivity index (χ3n) is 2.75. The molecule has 1 aromatic carbocycles. The van der Waals surface area contributed by atoms with Gasteiger partial charge in [-0.25, -0.2) is 9.59 Å². The van der Waals surface area contributed by atoms with Crippen molar-refractivity contribution in [1.29, 1.82) is 0 Å². The molecule has 0 fully saturated rings. The van der Waals surface area contributed by atoms with E-state index in [0.717, 1.165) is 5.56 Å². The Bertz CT molecular complexity index is 689. The first kappa shape index (κ1) is 25.7. The lowest BCUT2D eigenvalue weighted by Gasteiger charge is -2.19. The van der Waals surface area contributed by atoms with Gasteiger partial charge in [0.15, 0.2) is 0 Å². The Morgan fingerprint density at radius 2 is 1.54 bits per heavy atom. The van der Waals surface area contributed by atoms with Gasteiger partial charge in [0.05, 0.1) is 17.7 Å². The summed E-state index contributed by atoms with van der Waals surface area (Å²) in [5, 5.41) is 2.69. The lowest BCUT2D eigenvalue weighted by atomic mass is 10.1. The number of amides is 1. The SMILES string of the molecule is COC(=O)CNC(=O)OC(C)(C)C.Cc1ccc(C(=O)OC(C)(C)C)c(Cl)c1. The Morgan fingerprint density at radius 3 is 1.96 bits per heavy atom. The molecular weight excluding hydrogens is 386 g/mol. The molecule has 8 heteroatoms. The average molecular weight is 416 g/mol. The van der Waals surface area contributed by atoms with Gasteiger partial charge >= 0.3 is 18.0 Å². The van der Waals surface area contributed by atoms with Crippen LogP contribution in [0.15, 0.2) is 18.2 Å². The second-order valence-corrected chi connectivity index (χ2v) is 8.32. The highest BCUT2D eigenvalue weighted by Crippen LogP contribution is 2.20. The number of alkyl carbamates (subject to hydrolysis) is 1. The fourth-order valence-electron chi connectivity index (χ4n) is 1.65. The molecule has 0 unspecified atom stereocenters. The van der Waals surface area contributed by atoms with Crippen LogP contribution in [0.5, 0.6) is 0 Å². The van der Waals surface area contributed by atoms with Crippen LogP contribution in [0.1, 0.15) is 57.5 Å². The van der Waals surface area contributed by atoms with Crippen molar-refractivity contribution in [2.75, 3.05) is 13.7 Å². The lowest BCUT2D eigenvalue weighted by Crippen LogP contribution is -2.35. The summed E-state index contributed by atoms with van der Waals surface area (Å²) in [6, 6.07) is 5.28. The number of carbonyl (C=O) groups is 3. The number of aryl methyl sites for hydroxylation is 1. The Morgan fingerprint density at radius 1 is 1.00 bits per heavy atom. The first-order valence-electron chi connectivity index (χ1n) is 8.68. The molecule has 0 saturated heterocycles. The smallest absolute Gasteiger partial charge is 0.408 e. The summed E-state index contributed by atoms with van der Waals surface area (Å²) < 4.78 is 14.4. The summed E-state index contributed by atoms with van der Waals surface area (Å²) in [6.07, 6.45) is -0.627. The number of hydrogen-bond acceptors (Lipinski definition) is 6. The van der Waals surface area contributed by atoms with Gasteiger partial charge in [-0.2, -0.15) is 0 Å². The van der Waals surface area contributed by atoms with Crippen molar-refractivity contribution in [2.24, 2.45) is 0 Å². The summed E-state index contributed by atoms with van der Waals surface area (Å²) >= 11 is 5.95. The lowest BCUT2D eigenvalue weighted by molar-refractivity contribution is -0.139. The third-order valence-corrected chi connectivity index (χ3v) is 3.06. The van der Waals surface area contributed by atoms with Crippen LogP contribution in [-0.2, 0) is 19.0 Å². The van der Waals surface area contributed by atoms with Gasteiger partial charge in [0.25, 0.3) is 0 Å². The highest BCUT2D eigenvalue weighted by Gasteiger charge is 2.19. The summed E-state index contributed by atoms with van der Waals surface area (Å²) in [7, 11) is 1.25. The zero-order valence-electron chi connectivity index (χ0n) is 17.8. The quantitative estimate of drug-likeness (QED) is 0.585. The number of hydrogen-bond donors (Lipinski definition) is 1. The maximum Gasteiger partial charge on any atom is 0.408 e. The number of halogens is 1. The second-order valence-electron chi connectivity index (χ2n) is 7.92. The van der Waals surface area contributed by atoms with Crippen LogP contribution in [0.4, 0.5) is 4.79 Å². The standard InChI is InChI=1S/C12H15ClO2.C8H15NO4/c1-8-5-6-9(10(13)7-8)11(14)15-12(2,3)4;1-8(2,3)13-7(11)9-5-6(10)12-4/h5-7H,1-4H3;5H2,1-4H3,(H,9,11). The minimum atomic E-state index is -0.627. The molecule has 1 N–H and O–H groups in total. The molecule has 0 aliphatic rings. The van der Waals surface area contributed by atoms with Gasteiger partial charge in [0.2, 0.25) is 0 Å². The van der Waals surface area contributed by atoms with Crippen LogP contribution in [-0.4, -0.2) is 42.9 Å². The molecule has 1 aromatic rings. The number of ether oxygens (including phenoxy) is 3. The fraction of sp³-hybridized carbons (Fsp3) is 0.550. The molecule has 158 valence electrons. The van der Waals surface area contributed by atoms with Gasteiger partial charge in [-0.05, 0) is 66.2 Å². The number of esters is 2. The van der Waals surface area contributed by atoms with Crippen LogP contribution < -0.4 is 5.32 Å². The normalized spacial score (nSPS) is 10.9. The van der Waals surface area contributed by atoms with E-state index >= 15 is 0 Å². The zero-order chi connectivity index (χ0) is 22.1. The number of nitrogens with one attached hydrogen (secondary N) is 1. The number of methoxy groups -OCH3 is 1. The van der Waals surface area contributed by atoms with Gasteiger partial charge < -0.3 is 19.5 Å². The summed E-state index contributed by atoms with van der Waals surface area (Å²) in [4.78, 5) is 33.2. The van der Waals surface area contributed by atoms with Crippen molar-refractivity contribution in [2.45, 2.75) is 59.7 Å². The Labute approximate surface area is 171 Å². The van der Waals surface area contributed by atoms with E-state index in [0.29, 0.717) is 10.6 Å². The van der Waals surface area contributed by atoms with Crippen molar-refractivity contribution in [3.05, 3.63) is 34.3 Å². The van der Waals surface area contributed by atoms with Gasteiger partial charge in [-0.15, -0.1) is 0 Å². The predicted octanol–water partition coefficient (Wildman–Crippen LogP) is 4.29. The van der Waals surface area contributed by atoms with Crippen LogP contribution >= 0.6 is 11.6 Å². The molecule has 7 nitrogen and oxygen atoms in total. The largest absolute Gasteiger partial charge is 0.468 e. The zero-order valence-corrected chi connectivity index (χ0v) is 18.5. The van der Waals surface area contributed by atoms with Crippen LogP contribution in [0.3, 0.4) is 0 Å². The number of benzene rings is 1. The summed E-state index contributed by atoms with van der Waals surface area (Å²) in [5.41, 5.74) is 0.385. The molecular formula is C20H30ClNO6. The van der Waals surface area contributed by atoms with Crippen molar-refractivity contribution in [1.82, 2.24) is 5.32 Å². The Balaban J connectivity index is 0.000000528.